The van der Waals surface area contributed by atoms with Crippen LogP contribution in [0.4, 0.5) is 5.82 Å². The van der Waals surface area contributed by atoms with Crippen LogP contribution in [0.2, 0.25) is 0 Å². The monoisotopic (exact) mass is 427 g/mol. The molecule has 0 bridgehead atoms. The van der Waals surface area contributed by atoms with E-state index in [2.05, 4.69) is 15.0 Å². The van der Waals surface area contributed by atoms with Gasteiger partial charge in [-0.25, -0.2) is 15.0 Å². The van der Waals surface area contributed by atoms with Crippen LogP contribution in [0.1, 0.15) is 25.5 Å². The second-order valence-electron chi connectivity index (χ2n) is 7.90. The first-order valence-corrected chi connectivity index (χ1v) is 10.1. The van der Waals surface area contributed by atoms with E-state index in [1.165, 1.54) is 6.33 Å². The molecular weight excluding hydrogens is 406 g/mol. The zero-order valence-corrected chi connectivity index (χ0v) is 17.4. The molecule has 0 unspecified atom stereocenters. The van der Waals surface area contributed by atoms with E-state index in [1.54, 1.807) is 6.33 Å². The quantitative estimate of drug-likeness (QED) is 0.667. The minimum absolute atomic E-state index is 0.315. The zero-order chi connectivity index (χ0) is 20.9. The molecule has 1 aliphatic heterocycles. The van der Waals surface area contributed by atoms with Gasteiger partial charge in [0, 0.05) is 10.6 Å². The summed E-state index contributed by atoms with van der Waals surface area (Å²) in [6.07, 6.45) is 2.45. The summed E-state index contributed by atoms with van der Waals surface area (Å²) in [5.41, 5.74) is 9.05. The molecule has 9 heteroatoms. The second-order valence-corrected chi connectivity index (χ2v) is 8.31. The highest BCUT2D eigenvalue weighted by Crippen LogP contribution is 2.49. The van der Waals surface area contributed by atoms with Crippen molar-refractivity contribution in [3.63, 3.8) is 0 Å². The van der Waals surface area contributed by atoms with Crippen molar-refractivity contribution in [2.75, 3.05) is 12.3 Å². The molecule has 30 heavy (non-hydrogen) atoms. The number of hydrogen-bond donors (Lipinski definition) is 1. The SMILES string of the molecule is CC1(C)O[C@@H]2[C@H](O1)C(COCc1ccccc1)=C(Cl)[C@H]2n1cnc2c(N)ncnc21. The summed E-state index contributed by atoms with van der Waals surface area (Å²) >= 11 is 6.87. The number of halogens is 1. The molecule has 1 saturated heterocycles. The van der Waals surface area contributed by atoms with Gasteiger partial charge in [0.05, 0.1) is 19.5 Å². The highest BCUT2D eigenvalue weighted by Gasteiger charge is 2.54. The number of benzene rings is 1. The van der Waals surface area contributed by atoms with E-state index in [1.807, 2.05) is 48.7 Å². The Bertz CT molecular complexity index is 1110. The Morgan fingerprint density at radius 3 is 2.73 bits per heavy atom. The molecule has 3 atom stereocenters. The number of nitrogen functional groups attached to an aromatic ring is 1. The molecule has 0 amide bonds. The van der Waals surface area contributed by atoms with Crippen LogP contribution in [-0.4, -0.2) is 44.1 Å². The Balaban J connectivity index is 1.47. The summed E-state index contributed by atoms with van der Waals surface area (Å²) in [6, 6.07) is 9.66. The van der Waals surface area contributed by atoms with Crippen LogP contribution in [0.3, 0.4) is 0 Å². The van der Waals surface area contributed by atoms with Gasteiger partial charge in [-0.2, -0.15) is 0 Å². The van der Waals surface area contributed by atoms with Crippen LogP contribution >= 0.6 is 11.6 Å². The zero-order valence-electron chi connectivity index (χ0n) is 16.7. The number of nitrogens with two attached hydrogens (primary N) is 1. The first kappa shape index (κ1) is 19.4. The fourth-order valence-electron chi connectivity index (χ4n) is 4.12. The molecule has 3 heterocycles. The van der Waals surface area contributed by atoms with Crippen LogP contribution in [-0.2, 0) is 20.8 Å². The van der Waals surface area contributed by atoms with E-state index in [0.717, 1.165) is 11.1 Å². The molecular formula is C21H22ClN5O3. The molecule has 0 saturated carbocycles. The van der Waals surface area contributed by atoms with Crippen molar-refractivity contribution in [1.29, 1.82) is 0 Å². The van der Waals surface area contributed by atoms with Gasteiger partial charge in [0.15, 0.2) is 17.3 Å². The van der Waals surface area contributed by atoms with E-state index in [0.29, 0.717) is 35.2 Å². The molecule has 156 valence electrons. The highest BCUT2D eigenvalue weighted by atomic mass is 35.5. The molecule has 1 aromatic carbocycles. The van der Waals surface area contributed by atoms with E-state index in [9.17, 15) is 0 Å². The minimum Gasteiger partial charge on any atom is -0.382 e. The molecule has 2 N–H and O–H groups in total. The van der Waals surface area contributed by atoms with Gasteiger partial charge in [0.25, 0.3) is 0 Å². The summed E-state index contributed by atoms with van der Waals surface area (Å²) in [6.45, 7) is 4.61. The number of hydrogen-bond acceptors (Lipinski definition) is 7. The molecule has 8 nitrogen and oxygen atoms in total. The van der Waals surface area contributed by atoms with E-state index in [4.69, 9.17) is 31.5 Å². The topological polar surface area (TPSA) is 97.3 Å². The predicted octanol–water partition coefficient (Wildman–Crippen LogP) is 3.19. The van der Waals surface area contributed by atoms with E-state index < -0.39 is 5.79 Å². The van der Waals surface area contributed by atoms with Gasteiger partial charge >= 0.3 is 0 Å². The lowest BCUT2D eigenvalue weighted by atomic mass is 10.1. The highest BCUT2D eigenvalue weighted by molar-refractivity contribution is 6.31. The van der Waals surface area contributed by atoms with Crippen molar-refractivity contribution in [1.82, 2.24) is 19.5 Å². The Morgan fingerprint density at radius 1 is 1.13 bits per heavy atom. The first-order valence-electron chi connectivity index (χ1n) is 9.73. The first-order chi connectivity index (χ1) is 14.4. The lowest BCUT2D eigenvalue weighted by molar-refractivity contribution is -0.148. The summed E-state index contributed by atoms with van der Waals surface area (Å²) in [7, 11) is 0. The second kappa shape index (κ2) is 7.31. The predicted molar refractivity (Wildman–Crippen MR) is 112 cm³/mol. The molecule has 2 aliphatic rings. The molecule has 1 aliphatic carbocycles. The molecule has 2 aromatic heterocycles. The third kappa shape index (κ3) is 3.26. The smallest absolute Gasteiger partial charge is 0.166 e. The van der Waals surface area contributed by atoms with Crippen LogP contribution in [0.5, 0.6) is 0 Å². The van der Waals surface area contributed by atoms with E-state index >= 15 is 0 Å². The summed E-state index contributed by atoms with van der Waals surface area (Å²) in [5, 5.41) is 0.616. The molecule has 1 fully saturated rings. The average Bonchev–Trinajstić information content (AvgIpc) is 3.34. The van der Waals surface area contributed by atoms with Crippen LogP contribution in [0.15, 0.2) is 53.6 Å². The lowest BCUT2D eigenvalue weighted by Crippen LogP contribution is -2.28. The number of rotatable bonds is 5. The Morgan fingerprint density at radius 2 is 1.93 bits per heavy atom. The lowest BCUT2D eigenvalue weighted by Gasteiger charge is -2.23. The van der Waals surface area contributed by atoms with Crippen molar-refractivity contribution >= 4 is 28.6 Å². The maximum Gasteiger partial charge on any atom is 0.166 e. The standard InChI is InChI=1S/C21H22ClN5O3/c1-21(2)29-17-13(9-28-8-12-6-4-3-5-7-12)14(22)16(18(17)30-21)27-11-26-15-19(23)24-10-25-20(15)27/h3-7,10-11,16-18H,8-9H2,1-2H3,(H2,23,24,25)/t16-,17-,18+/m1/s1. The Hall–Kier alpha value is -2.52. The van der Waals surface area contributed by atoms with Gasteiger partial charge < -0.3 is 24.5 Å². The van der Waals surface area contributed by atoms with Gasteiger partial charge in [0.1, 0.15) is 30.1 Å². The number of imidazole rings is 1. The van der Waals surface area contributed by atoms with Crippen LogP contribution in [0.25, 0.3) is 11.2 Å². The summed E-state index contributed by atoms with van der Waals surface area (Å²) in [4.78, 5) is 12.7. The maximum absolute atomic E-state index is 6.87. The van der Waals surface area contributed by atoms with Gasteiger partial charge in [-0.3, -0.25) is 0 Å². The molecule has 0 radical (unpaired) electrons. The van der Waals surface area contributed by atoms with Crippen molar-refractivity contribution in [2.24, 2.45) is 0 Å². The minimum atomic E-state index is -0.736. The Labute approximate surface area is 178 Å². The molecule has 0 spiro atoms. The fourth-order valence-corrected chi connectivity index (χ4v) is 4.51. The van der Waals surface area contributed by atoms with Gasteiger partial charge in [-0.05, 0) is 19.4 Å². The number of nitrogens with zero attached hydrogens (tertiary/aromatic N) is 4. The fraction of sp³-hybridized carbons (Fsp3) is 0.381. The maximum atomic E-state index is 6.87. The van der Waals surface area contributed by atoms with Crippen molar-refractivity contribution in [3.8, 4) is 0 Å². The molecule has 3 aromatic rings. The van der Waals surface area contributed by atoms with Crippen molar-refractivity contribution in [3.05, 3.63) is 59.2 Å². The number of ether oxygens (including phenoxy) is 3. The third-order valence-electron chi connectivity index (χ3n) is 5.41. The van der Waals surface area contributed by atoms with Crippen LogP contribution in [0, 0.1) is 0 Å². The molecule has 5 rings (SSSR count). The van der Waals surface area contributed by atoms with Crippen LogP contribution < -0.4 is 5.73 Å². The largest absolute Gasteiger partial charge is 0.382 e. The van der Waals surface area contributed by atoms with Crippen molar-refractivity contribution in [2.45, 2.75) is 44.5 Å². The Kier molecular flexibility index (Phi) is 4.74. The average molecular weight is 428 g/mol. The van der Waals surface area contributed by atoms with Gasteiger partial charge in [-0.1, -0.05) is 41.9 Å². The summed E-state index contributed by atoms with van der Waals surface area (Å²) < 4.78 is 20.3. The number of anilines is 1. The normalized spacial score (nSPS) is 25.2. The van der Waals surface area contributed by atoms with Gasteiger partial charge in [0.2, 0.25) is 0 Å². The number of aromatic nitrogens is 4. The third-order valence-corrected chi connectivity index (χ3v) is 5.87. The number of fused-ring (bicyclic) bond motifs is 2. The van der Waals surface area contributed by atoms with E-state index in [-0.39, 0.29) is 18.2 Å². The van der Waals surface area contributed by atoms with Gasteiger partial charge in [-0.15, -0.1) is 0 Å². The van der Waals surface area contributed by atoms with Crippen molar-refractivity contribution < 1.29 is 14.2 Å². The summed E-state index contributed by atoms with van der Waals surface area (Å²) in [5.74, 6) is -0.413.